The highest BCUT2D eigenvalue weighted by atomic mass is 35.5. The molecule has 158 valence electrons. The molecule has 8 heteroatoms. The number of halogens is 1. The quantitative estimate of drug-likeness (QED) is 0.445. The number of aromatic hydroxyl groups is 1. The van der Waals surface area contributed by atoms with Gasteiger partial charge >= 0.3 is 0 Å². The van der Waals surface area contributed by atoms with Gasteiger partial charge in [0.2, 0.25) is 5.95 Å². The normalized spacial score (nSPS) is 15.3. The number of benzene rings is 1. The molecule has 0 aliphatic carbocycles. The lowest BCUT2D eigenvalue weighted by atomic mass is 9.95. The first-order valence-corrected chi connectivity index (χ1v) is 10.4. The molecule has 4 heterocycles. The van der Waals surface area contributed by atoms with Crippen LogP contribution in [0.15, 0.2) is 36.8 Å². The summed E-state index contributed by atoms with van der Waals surface area (Å²) in [5.74, 6) is 0.826. The zero-order valence-corrected chi connectivity index (χ0v) is 18.2. The van der Waals surface area contributed by atoms with Crippen molar-refractivity contribution in [1.29, 1.82) is 0 Å². The zero-order chi connectivity index (χ0) is 21.9. The van der Waals surface area contributed by atoms with Crippen LogP contribution in [-0.4, -0.2) is 48.8 Å². The number of aromatic nitrogens is 4. The maximum absolute atomic E-state index is 10.2. The first-order chi connectivity index (χ1) is 14.7. The smallest absolute Gasteiger partial charge is 0.225 e. The van der Waals surface area contributed by atoms with Gasteiger partial charge in [-0.3, -0.25) is 0 Å². The van der Waals surface area contributed by atoms with E-state index in [2.05, 4.69) is 19.9 Å². The molecule has 31 heavy (non-hydrogen) atoms. The van der Waals surface area contributed by atoms with Crippen molar-refractivity contribution in [2.24, 2.45) is 0 Å². The SMILES string of the molecule is Cc1ccc(O)c(C)c1-c1cnc2[nH]c(-c3cnc(N4CC(C)(O)C4)nc3)cc2c1Cl. The summed E-state index contributed by atoms with van der Waals surface area (Å²) in [6, 6.07) is 5.50. The number of phenols is 1. The highest BCUT2D eigenvalue weighted by Crippen LogP contribution is 2.40. The first kappa shape index (κ1) is 19.8. The maximum Gasteiger partial charge on any atom is 0.225 e. The van der Waals surface area contributed by atoms with Crippen molar-refractivity contribution in [3.8, 4) is 28.1 Å². The van der Waals surface area contributed by atoms with Crippen molar-refractivity contribution in [2.75, 3.05) is 18.0 Å². The number of aryl methyl sites for hydroxylation is 1. The second-order valence-corrected chi connectivity index (χ2v) is 8.84. The summed E-state index contributed by atoms with van der Waals surface area (Å²) < 4.78 is 0. The van der Waals surface area contributed by atoms with E-state index in [0.717, 1.165) is 38.9 Å². The van der Waals surface area contributed by atoms with E-state index in [1.165, 1.54) is 0 Å². The van der Waals surface area contributed by atoms with Gasteiger partial charge in [0.15, 0.2) is 0 Å². The lowest BCUT2D eigenvalue weighted by molar-refractivity contribution is 0.0300. The highest BCUT2D eigenvalue weighted by Gasteiger charge is 2.37. The third-order valence-corrected chi connectivity index (χ3v) is 6.21. The topological polar surface area (TPSA) is 98.2 Å². The van der Waals surface area contributed by atoms with Crippen molar-refractivity contribution in [2.45, 2.75) is 26.4 Å². The van der Waals surface area contributed by atoms with E-state index >= 15 is 0 Å². The van der Waals surface area contributed by atoms with Crippen LogP contribution in [0.2, 0.25) is 5.02 Å². The fourth-order valence-electron chi connectivity index (χ4n) is 4.17. The molecule has 0 unspecified atom stereocenters. The molecule has 0 spiro atoms. The number of β-amino-alcohol motifs (C(OH)–C–C–N with tert-alkyl or cyclic N) is 1. The Kier molecular flexibility index (Phi) is 4.42. The lowest BCUT2D eigenvalue weighted by Crippen LogP contribution is -2.60. The van der Waals surface area contributed by atoms with E-state index in [4.69, 9.17) is 11.6 Å². The van der Waals surface area contributed by atoms with Crippen LogP contribution in [0.1, 0.15) is 18.1 Å². The molecule has 1 fully saturated rings. The molecule has 7 nitrogen and oxygen atoms in total. The van der Waals surface area contributed by atoms with E-state index in [1.807, 2.05) is 30.9 Å². The van der Waals surface area contributed by atoms with Crippen LogP contribution >= 0.6 is 11.6 Å². The van der Waals surface area contributed by atoms with Crippen molar-refractivity contribution in [3.05, 3.63) is 52.9 Å². The van der Waals surface area contributed by atoms with E-state index < -0.39 is 5.60 Å². The number of hydrogen-bond donors (Lipinski definition) is 3. The summed E-state index contributed by atoms with van der Waals surface area (Å²) in [4.78, 5) is 18.6. The summed E-state index contributed by atoms with van der Waals surface area (Å²) in [7, 11) is 0. The maximum atomic E-state index is 10.2. The molecular weight excluding hydrogens is 414 g/mol. The minimum absolute atomic E-state index is 0.229. The number of nitrogens with zero attached hydrogens (tertiary/aromatic N) is 4. The third kappa shape index (κ3) is 3.30. The minimum atomic E-state index is -0.675. The van der Waals surface area contributed by atoms with Crippen molar-refractivity contribution < 1.29 is 10.2 Å². The molecule has 0 radical (unpaired) electrons. The Morgan fingerprint density at radius 3 is 2.48 bits per heavy atom. The molecule has 1 saturated heterocycles. The van der Waals surface area contributed by atoms with Crippen LogP contribution in [0.5, 0.6) is 5.75 Å². The Balaban J connectivity index is 1.52. The Morgan fingerprint density at radius 2 is 1.81 bits per heavy atom. The summed E-state index contributed by atoms with van der Waals surface area (Å²) in [6.45, 7) is 6.70. The number of nitrogens with one attached hydrogen (secondary N) is 1. The molecule has 3 aromatic heterocycles. The van der Waals surface area contributed by atoms with Crippen molar-refractivity contribution in [3.63, 3.8) is 0 Å². The van der Waals surface area contributed by atoms with Gasteiger partial charge in [-0.05, 0) is 49.6 Å². The second-order valence-electron chi connectivity index (χ2n) is 8.46. The number of aliphatic hydroxyl groups is 1. The summed E-state index contributed by atoms with van der Waals surface area (Å²) >= 11 is 6.79. The van der Waals surface area contributed by atoms with E-state index in [0.29, 0.717) is 29.7 Å². The molecule has 1 aliphatic rings. The highest BCUT2D eigenvalue weighted by molar-refractivity contribution is 6.38. The molecule has 0 amide bonds. The number of rotatable bonds is 3. The molecule has 5 rings (SSSR count). The number of hydrogen-bond acceptors (Lipinski definition) is 6. The monoisotopic (exact) mass is 435 g/mol. The zero-order valence-electron chi connectivity index (χ0n) is 17.4. The minimum Gasteiger partial charge on any atom is -0.508 e. The second kappa shape index (κ2) is 6.93. The Bertz CT molecular complexity index is 1310. The number of anilines is 1. The Morgan fingerprint density at radius 1 is 1.10 bits per heavy atom. The van der Waals surface area contributed by atoms with Crippen molar-refractivity contribution in [1.82, 2.24) is 19.9 Å². The molecule has 0 atom stereocenters. The molecule has 0 bridgehead atoms. The summed E-state index contributed by atoms with van der Waals surface area (Å²) in [5, 5.41) is 21.4. The molecule has 0 saturated carbocycles. The van der Waals surface area contributed by atoms with Crippen LogP contribution in [0, 0.1) is 13.8 Å². The van der Waals surface area contributed by atoms with Crippen LogP contribution in [0.25, 0.3) is 33.4 Å². The fraction of sp³-hybridized carbons (Fsp3) is 0.261. The Hall–Kier alpha value is -3.16. The third-order valence-electron chi connectivity index (χ3n) is 5.80. The van der Waals surface area contributed by atoms with E-state index in [-0.39, 0.29) is 5.75 Å². The molecule has 1 aromatic carbocycles. The molecule has 3 N–H and O–H groups in total. The number of phenolic OH excluding ortho intramolecular Hbond substituents is 1. The number of fused-ring (bicyclic) bond motifs is 1. The number of pyridine rings is 1. The van der Waals surface area contributed by atoms with Gasteiger partial charge in [-0.1, -0.05) is 17.7 Å². The average molecular weight is 436 g/mol. The largest absolute Gasteiger partial charge is 0.508 e. The summed E-state index contributed by atoms with van der Waals surface area (Å²) in [6.07, 6.45) is 5.23. The standard InChI is InChI=1S/C23H22ClN5O2/c1-12-4-5-18(30)13(2)19(12)16-9-25-21-15(20(16)24)6-17(28-21)14-7-26-22(27-8-14)29-10-23(3,31)11-29/h4-9,30-31H,10-11H2,1-3H3,(H,25,28). The fourth-order valence-corrected chi connectivity index (χ4v) is 4.45. The van der Waals surface area contributed by atoms with Gasteiger partial charge in [0.25, 0.3) is 0 Å². The predicted molar refractivity (Wildman–Crippen MR) is 122 cm³/mol. The molecular formula is C23H22ClN5O2. The van der Waals surface area contributed by atoms with Crippen LogP contribution in [0.4, 0.5) is 5.95 Å². The van der Waals surface area contributed by atoms with Gasteiger partial charge in [0, 0.05) is 35.1 Å². The Labute approximate surface area is 184 Å². The molecule has 4 aromatic rings. The van der Waals surface area contributed by atoms with Crippen LogP contribution in [-0.2, 0) is 0 Å². The van der Waals surface area contributed by atoms with E-state index in [1.54, 1.807) is 31.6 Å². The van der Waals surface area contributed by atoms with Gasteiger partial charge in [0.05, 0.1) is 29.4 Å². The average Bonchev–Trinajstić information content (AvgIpc) is 3.16. The predicted octanol–water partition coefficient (Wildman–Crippen LogP) is 4.23. The van der Waals surface area contributed by atoms with Crippen molar-refractivity contribution >= 4 is 28.6 Å². The first-order valence-electron chi connectivity index (χ1n) is 10.00. The molecule has 1 aliphatic heterocycles. The van der Waals surface area contributed by atoms with Gasteiger partial charge in [0.1, 0.15) is 11.4 Å². The van der Waals surface area contributed by atoms with Crippen LogP contribution in [0.3, 0.4) is 0 Å². The van der Waals surface area contributed by atoms with Gasteiger partial charge in [-0.2, -0.15) is 0 Å². The van der Waals surface area contributed by atoms with Gasteiger partial charge < -0.3 is 20.1 Å². The number of H-pyrrole nitrogens is 1. The summed E-state index contributed by atoms with van der Waals surface area (Å²) in [5.41, 5.74) is 5.08. The van der Waals surface area contributed by atoms with Gasteiger partial charge in [-0.25, -0.2) is 15.0 Å². The lowest BCUT2D eigenvalue weighted by Gasteiger charge is -2.44. The van der Waals surface area contributed by atoms with E-state index in [9.17, 15) is 10.2 Å². The van der Waals surface area contributed by atoms with Crippen LogP contribution < -0.4 is 4.90 Å². The number of aromatic amines is 1. The van der Waals surface area contributed by atoms with Gasteiger partial charge in [-0.15, -0.1) is 0 Å².